The maximum Gasteiger partial charge on any atom is 0.324 e. The largest absolute Gasteiger partial charge is 0.481 e. The van der Waals surface area contributed by atoms with Crippen LogP contribution in [0.2, 0.25) is 0 Å². The fourth-order valence-electron chi connectivity index (χ4n) is 3.74. The van der Waals surface area contributed by atoms with Crippen LogP contribution in [0.15, 0.2) is 0 Å². The SMILES string of the molecule is O=C(O)CCCSCC[C@H]1C(=O)NC(=O)N1CC[C@@H](O)C1CCCCC1. The van der Waals surface area contributed by atoms with Gasteiger partial charge in [-0.1, -0.05) is 19.3 Å². The third kappa shape index (κ3) is 6.46. The molecule has 3 amide bonds. The van der Waals surface area contributed by atoms with Gasteiger partial charge in [0, 0.05) is 13.0 Å². The minimum absolute atomic E-state index is 0.153. The molecule has 8 heteroatoms. The van der Waals surface area contributed by atoms with E-state index in [2.05, 4.69) is 5.32 Å². The Morgan fingerprint density at radius 1 is 1.23 bits per heavy atom. The normalized spacial score (nSPS) is 22.5. The van der Waals surface area contributed by atoms with Gasteiger partial charge in [0.1, 0.15) is 6.04 Å². The van der Waals surface area contributed by atoms with Gasteiger partial charge < -0.3 is 15.1 Å². The second-order valence-corrected chi connectivity index (χ2v) is 8.38. The smallest absolute Gasteiger partial charge is 0.324 e. The molecule has 2 rings (SSSR count). The first-order chi connectivity index (χ1) is 12.5. The number of aliphatic hydroxyl groups is 1. The number of aliphatic hydroxyl groups excluding tert-OH is 1. The molecular weight excluding hydrogens is 356 g/mol. The van der Waals surface area contributed by atoms with Crippen LogP contribution in [0.4, 0.5) is 4.79 Å². The number of carboxylic acid groups (broad SMARTS) is 1. The molecule has 0 aromatic heterocycles. The van der Waals surface area contributed by atoms with Crippen molar-refractivity contribution in [2.24, 2.45) is 5.92 Å². The lowest BCUT2D eigenvalue weighted by molar-refractivity contribution is -0.137. The van der Waals surface area contributed by atoms with E-state index >= 15 is 0 Å². The highest BCUT2D eigenvalue weighted by atomic mass is 32.2. The maximum absolute atomic E-state index is 12.0. The summed E-state index contributed by atoms with van der Waals surface area (Å²) in [6.07, 6.45) is 7.04. The van der Waals surface area contributed by atoms with Gasteiger partial charge in [-0.15, -0.1) is 0 Å². The number of imide groups is 1. The number of amides is 3. The van der Waals surface area contributed by atoms with Gasteiger partial charge in [-0.2, -0.15) is 11.8 Å². The summed E-state index contributed by atoms with van der Waals surface area (Å²) in [6.45, 7) is 0.392. The minimum atomic E-state index is -0.797. The summed E-state index contributed by atoms with van der Waals surface area (Å²) in [6, 6.07) is -0.847. The molecule has 26 heavy (non-hydrogen) atoms. The molecule has 0 spiro atoms. The highest BCUT2D eigenvalue weighted by Gasteiger charge is 2.38. The van der Waals surface area contributed by atoms with E-state index in [-0.39, 0.29) is 18.4 Å². The summed E-state index contributed by atoms with van der Waals surface area (Å²) in [5.74, 6) is 0.678. The van der Waals surface area contributed by atoms with Crippen LogP contribution in [-0.2, 0) is 9.59 Å². The lowest BCUT2D eigenvalue weighted by Gasteiger charge is -2.29. The first kappa shape index (κ1) is 21.0. The molecule has 3 N–H and O–H groups in total. The number of nitrogens with one attached hydrogen (secondary N) is 1. The fourth-order valence-corrected chi connectivity index (χ4v) is 4.68. The summed E-state index contributed by atoms with van der Waals surface area (Å²) < 4.78 is 0. The zero-order valence-corrected chi connectivity index (χ0v) is 16.0. The molecule has 2 fully saturated rings. The minimum Gasteiger partial charge on any atom is -0.481 e. The summed E-state index contributed by atoms with van der Waals surface area (Å²) in [5, 5.41) is 21.4. The van der Waals surface area contributed by atoms with Gasteiger partial charge >= 0.3 is 12.0 Å². The van der Waals surface area contributed by atoms with Gasteiger partial charge in [0.15, 0.2) is 0 Å². The van der Waals surface area contributed by atoms with Crippen LogP contribution in [0.5, 0.6) is 0 Å². The number of urea groups is 1. The van der Waals surface area contributed by atoms with Crippen molar-refractivity contribution in [3.63, 3.8) is 0 Å². The topological polar surface area (TPSA) is 107 Å². The average molecular weight is 387 g/mol. The fraction of sp³-hybridized carbons (Fsp3) is 0.833. The average Bonchev–Trinajstić information content (AvgIpc) is 2.89. The van der Waals surface area contributed by atoms with Gasteiger partial charge in [-0.3, -0.25) is 14.9 Å². The molecule has 2 atom stereocenters. The summed E-state index contributed by atoms with van der Waals surface area (Å²) >= 11 is 1.60. The first-order valence-corrected chi connectivity index (χ1v) is 10.7. The molecule has 2 aliphatic rings. The number of carboxylic acids is 1. The number of hydrogen-bond donors (Lipinski definition) is 3. The quantitative estimate of drug-likeness (QED) is 0.371. The molecule has 7 nitrogen and oxygen atoms in total. The van der Waals surface area contributed by atoms with Crippen molar-refractivity contribution in [3.05, 3.63) is 0 Å². The molecular formula is C18H30N2O5S. The van der Waals surface area contributed by atoms with Crippen LogP contribution in [0.1, 0.15) is 57.8 Å². The maximum atomic E-state index is 12.0. The van der Waals surface area contributed by atoms with Gasteiger partial charge in [0.05, 0.1) is 6.10 Å². The van der Waals surface area contributed by atoms with E-state index in [9.17, 15) is 19.5 Å². The second-order valence-electron chi connectivity index (χ2n) is 7.16. The third-order valence-corrected chi connectivity index (χ3v) is 6.35. The van der Waals surface area contributed by atoms with Gasteiger partial charge in [-0.25, -0.2) is 4.79 Å². The van der Waals surface area contributed by atoms with E-state index in [1.807, 2.05) is 0 Å². The van der Waals surface area contributed by atoms with Crippen LogP contribution in [0.3, 0.4) is 0 Å². The predicted molar refractivity (Wildman–Crippen MR) is 100 cm³/mol. The van der Waals surface area contributed by atoms with Crippen molar-refractivity contribution in [1.82, 2.24) is 10.2 Å². The summed E-state index contributed by atoms with van der Waals surface area (Å²) in [4.78, 5) is 36.1. The standard InChI is InChI=1S/C18H30N2O5S/c21-15(13-5-2-1-3-6-13)8-10-20-14(17(24)19-18(20)25)9-12-26-11-4-7-16(22)23/h13-15,21H,1-12H2,(H,22,23)(H,19,24,25)/t14-,15+/m0/s1. The monoisotopic (exact) mass is 386 g/mol. The van der Waals surface area contributed by atoms with E-state index < -0.39 is 18.1 Å². The number of hydrogen-bond acceptors (Lipinski definition) is 5. The lowest BCUT2D eigenvalue weighted by Crippen LogP contribution is -2.38. The molecule has 148 valence electrons. The van der Waals surface area contributed by atoms with Crippen LogP contribution < -0.4 is 5.32 Å². The molecule has 0 bridgehead atoms. The Morgan fingerprint density at radius 3 is 2.65 bits per heavy atom. The Kier molecular flexibility index (Phi) is 8.71. The molecule has 0 aromatic rings. The Labute approximate surface area is 158 Å². The van der Waals surface area contributed by atoms with Crippen LogP contribution >= 0.6 is 11.8 Å². The number of rotatable bonds is 11. The highest BCUT2D eigenvalue weighted by molar-refractivity contribution is 7.99. The molecule has 1 saturated heterocycles. The Hall–Kier alpha value is -1.28. The van der Waals surface area contributed by atoms with Crippen molar-refractivity contribution in [3.8, 4) is 0 Å². The zero-order chi connectivity index (χ0) is 18.9. The van der Waals surface area contributed by atoms with Gasteiger partial charge in [-0.05, 0) is 49.5 Å². The van der Waals surface area contributed by atoms with Crippen molar-refractivity contribution >= 4 is 29.7 Å². The molecule has 0 radical (unpaired) electrons. The number of carbonyl (C=O) groups excluding carboxylic acids is 2. The molecule has 1 aliphatic carbocycles. The molecule has 1 aliphatic heterocycles. The number of nitrogens with zero attached hydrogens (tertiary/aromatic N) is 1. The van der Waals surface area contributed by atoms with Crippen LogP contribution in [0, 0.1) is 5.92 Å². The van der Waals surface area contributed by atoms with Gasteiger partial charge in [0.25, 0.3) is 5.91 Å². The zero-order valence-electron chi connectivity index (χ0n) is 15.2. The van der Waals surface area contributed by atoms with Crippen LogP contribution in [0.25, 0.3) is 0 Å². The Morgan fingerprint density at radius 2 is 1.96 bits per heavy atom. The Balaban J connectivity index is 1.73. The van der Waals surface area contributed by atoms with E-state index in [4.69, 9.17) is 5.11 Å². The second kappa shape index (κ2) is 10.8. The summed E-state index contributed by atoms with van der Waals surface area (Å²) in [5.41, 5.74) is 0. The van der Waals surface area contributed by atoms with Gasteiger partial charge in [0.2, 0.25) is 0 Å². The van der Waals surface area contributed by atoms with Crippen molar-refractivity contribution in [2.45, 2.75) is 69.9 Å². The van der Waals surface area contributed by atoms with Crippen molar-refractivity contribution in [2.75, 3.05) is 18.1 Å². The van der Waals surface area contributed by atoms with Crippen molar-refractivity contribution in [1.29, 1.82) is 0 Å². The number of thioether (sulfide) groups is 1. The van der Waals surface area contributed by atoms with E-state index in [1.165, 1.54) is 6.42 Å². The van der Waals surface area contributed by atoms with E-state index in [1.54, 1.807) is 16.7 Å². The molecule has 1 heterocycles. The molecule has 1 saturated carbocycles. The molecule has 0 aromatic carbocycles. The van der Waals surface area contributed by atoms with E-state index in [0.29, 0.717) is 37.5 Å². The first-order valence-electron chi connectivity index (χ1n) is 9.58. The number of carbonyl (C=O) groups is 3. The Bertz CT molecular complexity index is 496. The van der Waals surface area contributed by atoms with E-state index in [0.717, 1.165) is 31.4 Å². The lowest BCUT2D eigenvalue weighted by atomic mass is 9.84. The molecule has 0 unspecified atom stereocenters. The van der Waals surface area contributed by atoms with Crippen LogP contribution in [-0.4, -0.2) is 63.2 Å². The highest BCUT2D eigenvalue weighted by Crippen LogP contribution is 2.28. The number of aliphatic carboxylic acids is 1. The van der Waals surface area contributed by atoms with Crippen molar-refractivity contribution < 1.29 is 24.6 Å². The summed E-state index contributed by atoms with van der Waals surface area (Å²) in [7, 11) is 0. The predicted octanol–water partition coefficient (Wildman–Crippen LogP) is 2.23. The third-order valence-electron chi connectivity index (χ3n) is 5.24.